The highest BCUT2D eigenvalue weighted by atomic mass is 16.2. The Balaban J connectivity index is 2.16. The first-order chi connectivity index (χ1) is 11.9. The van der Waals surface area contributed by atoms with Crippen molar-refractivity contribution < 1.29 is 14.2 Å². The predicted octanol–water partition coefficient (Wildman–Crippen LogP) is 0.763. The molecule has 1 fully saturated rings. The first kappa shape index (κ1) is 16.8. The summed E-state index contributed by atoms with van der Waals surface area (Å²) in [5, 5.41) is 4.46. The lowest BCUT2D eigenvalue weighted by atomic mass is 10.1. The standard InChI is InChI=1S/C17H21N6O2/c1-6-8-21-13-14(18-16(21)23-12(4)10-11(3)19-23)20(5)17(25)22(9-7-2)15(13)24/h6-7,10,13H,1-2,8-9H2,3-5H3/q+1. The number of likely N-dealkylation sites (N-methyl/N-ethyl adjacent to an activating group) is 1. The lowest BCUT2D eigenvalue weighted by Crippen LogP contribution is -2.62. The van der Waals surface area contributed by atoms with E-state index in [9.17, 15) is 9.59 Å². The summed E-state index contributed by atoms with van der Waals surface area (Å²) >= 11 is 0. The molecule has 0 radical (unpaired) electrons. The van der Waals surface area contributed by atoms with Gasteiger partial charge in [-0.05, 0) is 19.9 Å². The molecule has 0 aromatic carbocycles. The highest BCUT2D eigenvalue weighted by Gasteiger charge is 2.52. The summed E-state index contributed by atoms with van der Waals surface area (Å²) in [7, 11) is 1.62. The average molecular weight is 341 g/mol. The Kier molecular flexibility index (Phi) is 4.12. The van der Waals surface area contributed by atoms with Crippen molar-refractivity contribution in [1.29, 1.82) is 0 Å². The molecule has 3 amide bonds. The maximum atomic E-state index is 12.9. The predicted molar refractivity (Wildman–Crippen MR) is 93.7 cm³/mol. The van der Waals surface area contributed by atoms with Crippen LogP contribution in [0.1, 0.15) is 11.4 Å². The van der Waals surface area contributed by atoms with E-state index in [1.54, 1.807) is 17.8 Å². The molecule has 2 aliphatic heterocycles. The molecule has 0 bridgehead atoms. The minimum absolute atomic E-state index is 0.156. The largest absolute Gasteiger partial charge is 0.421 e. The number of imide groups is 1. The van der Waals surface area contributed by atoms with Gasteiger partial charge in [0, 0.05) is 13.6 Å². The zero-order chi connectivity index (χ0) is 18.3. The summed E-state index contributed by atoms with van der Waals surface area (Å²) in [5.74, 6) is 0.596. The van der Waals surface area contributed by atoms with Gasteiger partial charge in [-0.3, -0.25) is 14.6 Å². The molecule has 3 heterocycles. The van der Waals surface area contributed by atoms with Crippen LogP contribution in [0.2, 0.25) is 0 Å². The van der Waals surface area contributed by atoms with Gasteiger partial charge in [0.05, 0.1) is 12.2 Å². The number of amides is 3. The Bertz CT molecular complexity index is 847. The molecule has 1 aromatic rings. The van der Waals surface area contributed by atoms with E-state index in [4.69, 9.17) is 0 Å². The molecular weight excluding hydrogens is 320 g/mol. The van der Waals surface area contributed by atoms with Gasteiger partial charge in [0.25, 0.3) is 5.91 Å². The van der Waals surface area contributed by atoms with Crippen LogP contribution in [-0.2, 0) is 4.79 Å². The highest BCUT2D eigenvalue weighted by Crippen LogP contribution is 2.21. The number of fused-ring (bicyclic) bond motifs is 1. The molecule has 0 aliphatic carbocycles. The Labute approximate surface area is 146 Å². The SMILES string of the molecule is C=CCN1C(=O)C2C(=NC(n3nc(C)cc3C)=[N+]2CC=C)N(C)C1=O. The average Bonchev–Trinajstić information content (AvgIpc) is 3.10. The van der Waals surface area contributed by atoms with Crippen LogP contribution in [0.25, 0.3) is 0 Å². The molecule has 3 rings (SSSR count). The summed E-state index contributed by atoms with van der Waals surface area (Å²) in [5.41, 5.74) is 1.75. The molecular formula is C17H21N6O2+. The Morgan fingerprint density at radius 3 is 2.56 bits per heavy atom. The first-order valence-corrected chi connectivity index (χ1v) is 7.97. The maximum Gasteiger partial charge on any atom is 0.421 e. The zero-order valence-electron chi connectivity index (χ0n) is 14.6. The number of aliphatic imine (C=N–C) groups is 1. The van der Waals surface area contributed by atoms with Crippen LogP contribution >= 0.6 is 0 Å². The van der Waals surface area contributed by atoms with Crippen molar-refractivity contribution in [3.63, 3.8) is 0 Å². The third kappa shape index (κ3) is 2.50. The number of hydrogen-bond acceptors (Lipinski definition) is 4. The van der Waals surface area contributed by atoms with Crippen molar-refractivity contribution in [3.8, 4) is 0 Å². The van der Waals surface area contributed by atoms with Crippen molar-refractivity contribution in [1.82, 2.24) is 19.6 Å². The van der Waals surface area contributed by atoms with Crippen LogP contribution in [0.5, 0.6) is 0 Å². The fraction of sp³-hybridized carbons (Fsp3) is 0.353. The van der Waals surface area contributed by atoms with Gasteiger partial charge in [-0.15, -0.1) is 16.4 Å². The van der Waals surface area contributed by atoms with E-state index in [0.717, 1.165) is 11.4 Å². The van der Waals surface area contributed by atoms with Gasteiger partial charge in [-0.1, -0.05) is 23.7 Å². The van der Waals surface area contributed by atoms with Gasteiger partial charge < -0.3 is 0 Å². The van der Waals surface area contributed by atoms with Crippen LogP contribution in [-0.4, -0.2) is 74.1 Å². The summed E-state index contributed by atoms with van der Waals surface area (Å²) in [6, 6.07) is 0.842. The molecule has 1 unspecified atom stereocenters. The van der Waals surface area contributed by atoms with Gasteiger partial charge in [-0.25, -0.2) is 9.37 Å². The minimum atomic E-state index is -0.681. The van der Waals surface area contributed by atoms with Gasteiger partial charge in [0.15, 0.2) is 0 Å². The molecule has 0 saturated carbocycles. The third-order valence-corrected chi connectivity index (χ3v) is 4.23. The molecule has 0 N–H and O–H groups in total. The van der Waals surface area contributed by atoms with Gasteiger partial charge >= 0.3 is 12.0 Å². The van der Waals surface area contributed by atoms with E-state index < -0.39 is 12.1 Å². The molecule has 1 saturated heterocycles. The number of urea groups is 1. The third-order valence-electron chi connectivity index (χ3n) is 4.23. The molecule has 0 spiro atoms. The molecule has 130 valence electrons. The number of hydrogen-bond donors (Lipinski definition) is 0. The van der Waals surface area contributed by atoms with Crippen molar-refractivity contribution in [2.75, 3.05) is 20.1 Å². The second-order valence-corrected chi connectivity index (χ2v) is 6.03. The summed E-state index contributed by atoms with van der Waals surface area (Å²) < 4.78 is 3.50. The first-order valence-electron chi connectivity index (χ1n) is 7.97. The zero-order valence-corrected chi connectivity index (χ0v) is 14.6. The van der Waals surface area contributed by atoms with E-state index in [2.05, 4.69) is 23.2 Å². The number of nitrogens with zero attached hydrogens (tertiary/aromatic N) is 6. The van der Waals surface area contributed by atoms with Crippen molar-refractivity contribution in [3.05, 3.63) is 42.8 Å². The molecule has 8 nitrogen and oxygen atoms in total. The van der Waals surface area contributed by atoms with Crippen LogP contribution < -0.4 is 0 Å². The van der Waals surface area contributed by atoms with Crippen molar-refractivity contribution >= 4 is 23.7 Å². The minimum Gasteiger partial charge on any atom is -0.270 e. The summed E-state index contributed by atoms with van der Waals surface area (Å²) in [6.45, 7) is 11.8. The Morgan fingerprint density at radius 1 is 1.28 bits per heavy atom. The second kappa shape index (κ2) is 6.12. The molecule has 25 heavy (non-hydrogen) atoms. The van der Waals surface area contributed by atoms with Crippen LogP contribution in [0.3, 0.4) is 0 Å². The molecule has 8 heteroatoms. The number of amidine groups is 1. The van der Waals surface area contributed by atoms with E-state index >= 15 is 0 Å². The lowest BCUT2D eigenvalue weighted by molar-refractivity contribution is -0.527. The number of aromatic nitrogens is 2. The highest BCUT2D eigenvalue weighted by molar-refractivity contribution is 6.23. The molecule has 1 aromatic heterocycles. The maximum absolute atomic E-state index is 12.9. The van der Waals surface area contributed by atoms with E-state index in [-0.39, 0.29) is 12.5 Å². The fourth-order valence-corrected chi connectivity index (χ4v) is 3.13. The topological polar surface area (TPSA) is 73.8 Å². The number of aryl methyl sites for hydroxylation is 2. The molecule has 1 atom stereocenters. The normalized spacial score (nSPS) is 20.1. The van der Waals surface area contributed by atoms with Crippen molar-refractivity contribution in [2.24, 2.45) is 4.99 Å². The van der Waals surface area contributed by atoms with Crippen molar-refractivity contribution in [2.45, 2.75) is 19.9 Å². The lowest BCUT2D eigenvalue weighted by Gasteiger charge is -2.33. The van der Waals surface area contributed by atoms with Gasteiger partial charge in [0.1, 0.15) is 5.69 Å². The van der Waals surface area contributed by atoms with Crippen LogP contribution in [0, 0.1) is 13.8 Å². The van der Waals surface area contributed by atoms with Gasteiger partial charge in [0.2, 0.25) is 11.9 Å². The van der Waals surface area contributed by atoms with E-state index in [0.29, 0.717) is 18.3 Å². The summed E-state index contributed by atoms with van der Waals surface area (Å²) in [4.78, 5) is 32.6. The number of carbonyl (C=O) groups is 2. The monoisotopic (exact) mass is 341 g/mol. The summed E-state index contributed by atoms with van der Waals surface area (Å²) in [6.07, 6.45) is 3.23. The van der Waals surface area contributed by atoms with E-state index in [1.807, 2.05) is 24.5 Å². The Hall–Kier alpha value is -3.03. The molecule has 2 aliphatic rings. The fourth-order valence-electron chi connectivity index (χ4n) is 3.13. The second-order valence-electron chi connectivity index (χ2n) is 6.03. The smallest absolute Gasteiger partial charge is 0.270 e. The quantitative estimate of drug-likeness (QED) is 0.599. The Morgan fingerprint density at radius 2 is 2.00 bits per heavy atom. The van der Waals surface area contributed by atoms with Crippen LogP contribution in [0.4, 0.5) is 4.79 Å². The van der Waals surface area contributed by atoms with E-state index in [1.165, 1.54) is 15.9 Å². The van der Waals surface area contributed by atoms with Crippen LogP contribution in [0.15, 0.2) is 36.4 Å². The number of rotatable bonds is 4. The number of carbonyl (C=O) groups excluding carboxylic acids is 2. The van der Waals surface area contributed by atoms with Gasteiger partial charge in [-0.2, -0.15) is 0 Å².